The Morgan fingerprint density at radius 1 is 1.68 bits per heavy atom. The van der Waals surface area contributed by atoms with Crippen LogP contribution in [0, 0.1) is 0 Å². The fourth-order valence-corrected chi connectivity index (χ4v) is 2.19. The molecule has 19 heavy (non-hydrogen) atoms. The minimum absolute atomic E-state index is 0.0767. The highest BCUT2D eigenvalue weighted by Crippen LogP contribution is 2.25. The normalized spacial score (nSPS) is 26.9. The molecule has 1 aliphatic rings. The second-order valence-electron chi connectivity index (χ2n) is 5.30. The van der Waals surface area contributed by atoms with Crippen LogP contribution in [0.15, 0.2) is 17.2 Å². The smallest absolute Gasteiger partial charge is 0.293 e. The molecule has 0 aromatic carbocycles. The molecule has 2 heterocycles. The first-order chi connectivity index (χ1) is 8.94. The molecule has 2 N–H and O–H groups in total. The maximum Gasteiger partial charge on any atom is 0.293 e. The van der Waals surface area contributed by atoms with E-state index in [1.807, 2.05) is 20.8 Å². The number of nitrogens with zero attached hydrogens (tertiary/aromatic N) is 2. The van der Waals surface area contributed by atoms with Gasteiger partial charge in [0.1, 0.15) is 5.60 Å². The second-order valence-corrected chi connectivity index (χ2v) is 5.30. The Bertz CT molecular complexity index is 500. The minimum atomic E-state index is -0.938. The molecule has 6 heteroatoms. The molecule has 1 aromatic heterocycles. The summed E-state index contributed by atoms with van der Waals surface area (Å²) in [6.07, 6.45) is 3.57. The van der Waals surface area contributed by atoms with Gasteiger partial charge in [0, 0.05) is 38.0 Å². The fourth-order valence-electron chi connectivity index (χ4n) is 2.19. The predicted octanol–water partition coefficient (Wildman–Crippen LogP) is 0.776. The Labute approximate surface area is 112 Å². The zero-order chi connectivity index (χ0) is 14.0. The maximum atomic E-state index is 12.1. The highest BCUT2D eigenvalue weighted by atomic mass is 16.5. The molecule has 106 valence electrons. The van der Waals surface area contributed by atoms with E-state index in [0.29, 0.717) is 13.0 Å². The Balaban J connectivity index is 2.12. The molecule has 2 rings (SSSR count). The van der Waals surface area contributed by atoms with E-state index in [1.165, 1.54) is 0 Å². The van der Waals surface area contributed by atoms with Crippen molar-refractivity contribution in [2.75, 3.05) is 18.5 Å². The molecule has 0 amide bonds. The average Bonchev–Trinajstić information content (AvgIpc) is 2.68. The first-order valence-corrected chi connectivity index (χ1v) is 6.59. The van der Waals surface area contributed by atoms with Crippen molar-refractivity contribution in [3.63, 3.8) is 0 Å². The van der Waals surface area contributed by atoms with Gasteiger partial charge in [0.05, 0.1) is 6.10 Å². The van der Waals surface area contributed by atoms with Crippen molar-refractivity contribution >= 4 is 5.82 Å². The second kappa shape index (κ2) is 5.30. The molecule has 0 saturated carbocycles. The number of hydrogen-bond donors (Lipinski definition) is 2. The maximum absolute atomic E-state index is 12.1. The summed E-state index contributed by atoms with van der Waals surface area (Å²) in [7, 11) is 0. The summed E-state index contributed by atoms with van der Waals surface area (Å²) >= 11 is 0. The van der Waals surface area contributed by atoms with Crippen LogP contribution >= 0.6 is 0 Å². The quantitative estimate of drug-likeness (QED) is 0.843. The zero-order valence-electron chi connectivity index (χ0n) is 11.6. The molecule has 0 bridgehead atoms. The lowest BCUT2D eigenvalue weighted by atomic mass is 9.97. The van der Waals surface area contributed by atoms with Crippen LogP contribution in [0.4, 0.5) is 5.82 Å². The average molecular weight is 267 g/mol. The van der Waals surface area contributed by atoms with Crippen molar-refractivity contribution < 1.29 is 9.84 Å². The summed E-state index contributed by atoms with van der Waals surface area (Å²) in [6, 6.07) is 0.0767. The van der Waals surface area contributed by atoms with Gasteiger partial charge in [-0.15, -0.1) is 0 Å². The van der Waals surface area contributed by atoms with E-state index < -0.39 is 5.60 Å². The third-order valence-corrected chi connectivity index (χ3v) is 3.65. The minimum Gasteiger partial charge on any atom is -0.385 e. The van der Waals surface area contributed by atoms with E-state index >= 15 is 0 Å². The van der Waals surface area contributed by atoms with Gasteiger partial charge >= 0.3 is 0 Å². The van der Waals surface area contributed by atoms with Crippen LogP contribution in [0.25, 0.3) is 0 Å². The number of ether oxygens (including phenoxy) is 1. The Hall–Kier alpha value is -1.40. The Morgan fingerprint density at radius 2 is 2.42 bits per heavy atom. The van der Waals surface area contributed by atoms with E-state index in [9.17, 15) is 9.90 Å². The summed E-state index contributed by atoms with van der Waals surface area (Å²) in [5.74, 6) is 0.267. The summed E-state index contributed by atoms with van der Waals surface area (Å²) in [5.41, 5.74) is -1.11. The molecule has 1 fully saturated rings. The van der Waals surface area contributed by atoms with E-state index in [0.717, 1.165) is 0 Å². The van der Waals surface area contributed by atoms with E-state index in [1.54, 1.807) is 17.0 Å². The standard InChI is InChI=1S/C13H21N3O3/c1-9(2)16-6-5-14-11(12(16)17)15-8-13(18)4-7-19-10(13)3/h5-6,9-10,18H,4,7-8H2,1-3H3,(H,14,15). The van der Waals surface area contributed by atoms with Gasteiger partial charge in [-0.2, -0.15) is 0 Å². The third kappa shape index (κ3) is 2.79. The molecule has 1 aromatic rings. The van der Waals surface area contributed by atoms with Gasteiger partial charge in [-0.3, -0.25) is 4.79 Å². The topological polar surface area (TPSA) is 76.4 Å². The van der Waals surface area contributed by atoms with Gasteiger partial charge < -0.3 is 19.7 Å². The number of aliphatic hydroxyl groups is 1. The Kier molecular flexibility index (Phi) is 3.91. The van der Waals surface area contributed by atoms with Gasteiger partial charge in [-0.1, -0.05) is 0 Å². The van der Waals surface area contributed by atoms with Crippen LogP contribution < -0.4 is 10.9 Å². The molecular formula is C13H21N3O3. The molecule has 0 spiro atoms. The summed E-state index contributed by atoms with van der Waals surface area (Å²) in [5, 5.41) is 13.3. The SMILES string of the molecule is CC(C)n1ccnc(NCC2(O)CCOC2C)c1=O. The van der Waals surface area contributed by atoms with Crippen LogP contribution in [0.1, 0.15) is 33.2 Å². The molecule has 2 unspecified atom stereocenters. The number of aromatic nitrogens is 2. The van der Waals surface area contributed by atoms with Crippen molar-refractivity contribution in [1.29, 1.82) is 0 Å². The van der Waals surface area contributed by atoms with Crippen molar-refractivity contribution in [2.45, 2.75) is 44.9 Å². The summed E-state index contributed by atoms with van der Waals surface area (Å²) in [4.78, 5) is 16.2. The molecule has 6 nitrogen and oxygen atoms in total. The van der Waals surface area contributed by atoms with Gasteiger partial charge in [0.15, 0.2) is 5.82 Å². The van der Waals surface area contributed by atoms with Crippen LogP contribution in [0.3, 0.4) is 0 Å². The van der Waals surface area contributed by atoms with Crippen LogP contribution in [0.2, 0.25) is 0 Å². The zero-order valence-corrected chi connectivity index (χ0v) is 11.6. The van der Waals surface area contributed by atoms with Crippen molar-refractivity contribution in [2.24, 2.45) is 0 Å². The van der Waals surface area contributed by atoms with Crippen LogP contribution in [0.5, 0.6) is 0 Å². The fraction of sp³-hybridized carbons (Fsp3) is 0.692. The summed E-state index contributed by atoms with van der Waals surface area (Å²) < 4.78 is 6.96. The molecule has 0 radical (unpaired) electrons. The van der Waals surface area contributed by atoms with Gasteiger partial charge in [-0.25, -0.2) is 4.98 Å². The summed E-state index contributed by atoms with van der Waals surface area (Å²) in [6.45, 7) is 6.51. The number of hydrogen-bond acceptors (Lipinski definition) is 5. The number of anilines is 1. The van der Waals surface area contributed by atoms with E-state index in [2.05, 4.69) is 10.3 Å². The first kappa shape index (κ1) is 14.0. The van der Waals surface area contributed by atoms with Gasteiger partial charge in [0.2, 0.25) is 0 Å². The van der Waals surface area contributed by atoms with Crippen LogP contribution in [-0.2, 0) is 4.74 Å². The molecular weight excluding hydrogens is 246 g/mol. The van der Waals surface area contributed by atoms with Crippen molar-refractivity contribution in [1.82, 2.24) is 9.55 Å². The number of nitrogens with one attached hydrogen (secondary N) is 1. The Morgan fingerprint density at radius 3 is 3.00 bits per heavy atom. The van der Waals surface area contributed by atoms with Gasteiger partial charge in [0.25, 0.3) is 5.56 Å². The predicted molar refractivity (Wildman–Crippen MR) is 72.4 cm³/mol. The molecule has 1 saturated heterocycles. The van der Waals surface area contributed by atoms with E-state index in [4.69, 9.17) is 4.74 Å². The largest absolute Gasteiger partial charge is 0.385 e. The molecule has 2 atom stereocenters. The lowest BCUT2D eigenvalue weighted by Gasteiger charge is -2.26. The highest BCUT2D eigenvalue weighted by molar-refractivity contribution is 5.32. The monoisotopic (exact) mass is 267 g/mol. The lowest BCUT2D eigenvalue weighted by Crippen LogP contribution is -2.44. The third-order valence-electron chi connectivity index (χ3n) is 3.65. The van der Waals surface area contributed by atoms with Crippen molar-refractivity contribution in [3.05, 3.63) is 22.7 Å². The highest BCUT2D eigenvalue weighted by Gasteiger charge is 2.39. The van der Waals surface area contributed by atoms with Gasteiger partial charge in [-0.05, 0) is 20.8 Å². The molecule has 0 aliphatic carbocycles. The molecule has 1 aliphatic heterocycles. The van der Waals surface area contributed by atoms with Crippen molar-refractivity contribution in [3.8, 4) is 0 Å². The number of rotatable bonds is 4. The first-order valence-electron chi connectivity index (χ1n) is 6.59. The van der Waals surface area contributed by atoms with Crippen LogP contribution in [-0.4, -0.2) is 39.5 Å². The van der Waals surface area contributed by atoms with E-state index in [-0.39, 0.29) is 30.1 Å². The lowest BCUT2D eigenvalue weighted by molar-refractivity contribution is -0.0176.